The first-order chi connectivity index (χ1) is 7.74. The zero-order chi connectivity index (χ0) is 11.1. The second-order valence-corrected chi connectivity index (χ2v) is 3.88. The van der Waals surface area contributed by atoms with Crippen LogP contribution < -0.4 is 0 Å². The Labute approximate surface area is 91.0 Å². The minimum Gasteiger partial charge on any atom is -0.207 e. The Balaban J connectivity index is 2.00. The van der Waals surface area contributed by atoms with Gasteiger partial charge in [0, 0.05) is 17.6 Å². The second-order valence-electron chi connectivity index (χ2n) is 3.88. The maximum Gasteiger partial charge on any atom is 0.126 e. The lowest BCUT2D eigenvalue weighted by atomic mass is 9.94. The lowest BCUT2D eigenvalue weighted by molar-refractivity contribution is 0.578. The smallest absolute Gasteiger partial charge is 0.126 e. The van der Waals surface area contributed by atoms with Gasteiger partial charge >= 0.3 is 0 Å². The van der Waals surface area contributed by atoms with E-state index in [-0.39, 0.29) is 5.92 Å². The predicted octanol–water partition coefficient (Wildman–Crippen LogP) is 2.82. The van der Waals surface area contributed by atoms with E-state index < -0.39 is 11.6 Å². The van der Waals surface area contributed by atoms with Crippen LogP contribution in [-0.2, 0) is 0 Å². The van der Waals surface area contributed by atoms with Gasteiger partial charge in [-0.05, 0) is 24.1 Å². The van der Waals surface area contributed by atoms with Gasteiger partial charge in [-0.15, -0.1) is 0 Å². The van der Waals surface area contributed by atoms with Crippen molar-refractivity contribution in [2.45, 2.75) is 12.3 Å². The third kappa shape index (κ3) is 1.38. The molecule has 2 aliphatic rings. The Morgan fingerprint density at radius 3 is 2.62 bits per heavy atom. The molecular weight excluding hydrogens is 210 g/mol. The third-order valence-corrected chi connectivity index (χ3v) is 2.85. The maximum atomic E-state index is 13.1. The zero-order valence-corrected chi connectivity index (χ0v) is 8.32. The summed E-state index contributed by atoms with van der Waals surface area (Å²) in [4.78, 5) is 0. The van der Waals surface area contributed by atoms with Crippen LogP contribution in [0.3, 0.4) is 0 Å². The minimum atomic E-state index is -0.553. The molecule has 0 fully saturated rings. The number of hydrogen-bond donors (Lipinski definition) is 0. The first-order valence-electron chi connectivity index (χ1n) is 5.01. The molecule has 0 spiro atoms. The molecule has 2 nitrogen and oxygen atoms in total. The van der Waals surface area contributed by atoms with Gasteiger partial charge in [0.1, 0.15) is 11.6 Å². The fraction of sp³-hybridized carbons (Fsp3) is 0.167. The van der Waals surface area contributed by atoms with Crippen LogP contribution in [0.5, 0.6) is 0 Å². The number of benzene rings is 1. The van der Waals surface area contributed by atoms with Gasteiger partial charge in [-0.3, -0.25) is 0 Å². The van der Waals surface area contributed by atoms with Crippen LogP contribution in [0.25, 0.3) is 0 Å². The molecule has 1 aliphatic carbocycles. The molecule has 80 valence electrons. The highest BCUT2D eigenvalue weighted by Gasteiger charge is 2.28. The molecule has 1 heterocycles. The number of nitrogens with zero attached hydrogens (tertiary/aromatic N) is 2. The number of fused-ring (bicyclic) bond motifs is 1. The monoisotopic (exact) mass is 218 g/mol. The summed E-state index contributed by atoms with van der Waals surface area (Å²) in [7, 11) is 0. The summed E-state index contributed by atoms with van der Waals surface area (Å²) in [6.07, 6.45) is 4.39. The van der Waals surface area contributed by atoms with Gasteiger partial charge in [-0.25, -0.2) is 8.78 Å². The lowest BCUT2D eigenvalue weighted by Gasteiger charge is -2.10. The van der Waals surface area contributed by atoms with Crippen molar-refractivity contribution in [3.63, 3.8) is 0 Å². The Kier molecular flexibility index (Phi) is 1.96. The summed E-state index contributed by atoms with van der Waals surface area (Å²) in [5.74, 6) is -1.17. The van der Waals surface area contributed by atoms with Crippen LogP contribution in [0.2, 0.25) is 0 Å². The van der Waals surface area contributed by atoms with Crippen molar-refractivity contribution in [1.29, 1.82) is 0 Å². The fourth-order valence-corrected chi connectivity index (χ4v) is 2.13. The summed E-state index contributed by atoms with van der Waals surface area (Å²) in [6.45, 7) is 0. The molecule has 0 bridgehead atoms. The van der Waals surface area contributed by atoms with Gasteiger partial charge in [0.25, 0.3) is 0 Å². The number of allylic oxidation sites excluding steroid dienone is 2. The molecule has 1 aromatic carbocycles. The molecule has 0 saturated heterocycles. The summed E-state index contributed by atoms with van der Waals surface area (Å²) in [5, 5.41) is 7.78. The number of halogens is 2. The maximum absolute atomic E-state index is 13.1. The number of hydrogen-bond acceptors (Lipinski definition) is 2. The van der Waals surface area contributed by atoms with E-state index in [1.165, 1.54) is 12.1 Å². The Bertz CT molecular complexity index is 524. The standard InChI is InChI=1S/C12H8F2N2/c13-9-3-8(4-10(14)5-9)11-2-1-7-6-15-16-12(7)11/h1,3-6,11H,2H2. The first-order valence-corrected chi connectivity index (χ1v) is 5.01. The van der Waals surface area contributed by atoms with E-state index in [4.69, 9.17) is 0 Å². The van der Waals surface area contributed by atoms with E-state index in [1.54, 1.807) is 6.21 Å². The van der Waals surface area contributed by atoms with E-state index in [0.717, 1.165) is 23.8 Å². The minimum absolute atomic E-state index is 0.0669. The molecular formula is C12H8F2N2. The molecule has 0 saturated carbocycles. The van der Waals surface area contributed by atoms with Crippen molar-refractivity contribution in [1.82, 2.24) is 0 Å². The van der Waals surface area contributed by atoms with Crippen molar-refractivity contribution >= 4 is 11.9 Å². The van der Waals surface area contributed by atoms with Crippen molar-refractivity contribution in [3.05, 3.63) is 47.0 Å². The quantitative estimate of drug-likeness (QED) is 0.692. The van der Waals surface area contributed by atoms with E-state index in [1.807, 2.05) is 6.08 Å². The van der Waals surface area contributed by atoms with Gasteiger partial charge in [-0.2, -0.15) is 10.2 Å². The molecule has 0 amide bonds. The molecule has 4 heteroatoms. The van der Waals surface area contributed by atoms with Gasteiger partial charge < -0.3 is 0 Å². The number of rotatable bonds is 1. The lowest BCUT2D eigenvalue weighted by Crippen LogP contribution is -2.08. The summed E-state index contributed by atoms with van der Waals surface area (Å²) < 4.78 is 26.2. The molecule has 0 radical (unpaired) electrons. The molecule has 0 N–H and O–H groups in total. The van der Waals surface area contributed by atoms with Crippen molar-refractivity contribution in [3.8, 4) is 0 Å². The van der Waals surface area contributed by atoms with Crippen LogP contribution in [0, 0.1) is 11.6 Å². The van der Waals surface area contributed by atoms with Crippen LogP contribution in [0.4, 0.5) is 8.78 Å². The van der Waals surface area contributed by atoms with Crippen LogP contribution >= 0.6 is 0 Å². The van der Waals surface area contributed by atoms with Crippen LogP contribution in [-0.4, -0.2) is 11.9 Å². The van der Waals surface area contributed by atoms with Crippen LogP contribution in [0.1, 0.15) is 17.9 Å². The SMILES string of the molecule is Fc1cc(F)cc(C2CC=C3C=NN=C32)c1. The van der Waals surface area contributed by atoms with E-state index in [9.17, 15) is 8.78 Å². The normalized spacial score (nSPS) is 22.0. The van der Waals surface area contributed by atoms with E-state index in [0.29, 0.717) is 5.56 Å². The summed E-state index contributed by atoms with van der Waals surface area (Å²) in [6, 6.07) is 3.58. The molecule has 0 aromatic heterocycles. The van der Waals surface area contributed by atoms with Gasteiger partial charge in [0.05, 0.1) is 11.9 Å². The molecule has 1 unspecified atom stereocenters. The molecule has 1 atom stereocenters. The van der Waals surface area contributed by atoms with Gasteiger partial charge in [0.15, 0.2) is 0 Å². The van der Waals surface area contributed by atoms with Crippen molar-refractivity contribution in [2.24, 2.45) is 10.2 Å². The molecule has 16 heavy (non-hydrogen) atoms. The summed E-state index contributed by atoms with van der Waals surface area (Å²) in [5.41, 5.74) is 2.40. The molecule has 3 rings (SSSR count). The third-order valence-electron chi connectivity index (χ3n) is 2.85. The van der Waals surface area contributed by atoms with E-state index >= 15 is 0 Å². The molecule has 1 aliphatic heterocycles. The Morgan fingerprint density at radius 1 is 1.12 bits per heavy atom. The highest BCUT2D eigenvalue weighted by atomic mass is 19.1. The fourth-order valence-electron chi connectivity index (χ4n) is 2.13. The topological polar surface area (TPSA) is 24.7 Å². The van der Waals surface area contributed by atoms with E-state index in [2.05, 4.69) is 10.2 Å². The van der Waals surface area contributed by atoms with Crippen molar-refractivity contribution < 1.29 is 8.78 Å². The second kappa shape index (κ2) is 3.33. The molecule has 1 aromatic rings. The van der Waals surface area contributed by atoms with Crippen LogP contribution in [0.15, 0.2) is 40.1 Å². The average molecular weight is 218 g/mol. The van der Waals surface area contributed by atoms with Gasteiger partial charge in [0.2, 0.25) is 0 Å². The zero-order valence-electron chi connectivity index (χ0n) is 8.32. The Hall–Kier alpha value is -1.84. The highest BCUT2D eigenvalue weighted by molar-refractivity contribution is 6.22. The first kappa shape index (κ1) is 9.39. The predicted molar refractivity (Wildman–Crippen MR) is 57.7 cm³/mol. The summed E-state index contributed by atoms with van der Waals surface area (Å²) >= 11 is 0. The highest BCUT2D eigenvalue weighted by Crippen LogP contribution is 2.33. The largest absolute Gasteiger partial charge is 0.207 e. The Morgan fingerprint density at radius 2 is 1.88 bits per heavy atom. The average Bonchev–Trinajstić information content (AvgIpc) is 2.75. The van der Waals surface area contributed by atoms with Crippen molar-refractivity contribution in [2.75, 3.05) is 0 Å². The van der Waals surface area contributed by atoms with Gasteiger partial charge in [-0.1, -0.05) is 6.08 Å².